The molecule has 3 N–H and O–H groups in total. The molecule has 0 saturated heterocycles. The van der Waals surface area contributed by atoms with Crippen molar-refractivity contribution in [3.8, 4) is 11.3 Å². The molecular weight excluding hydrogens is 367 g/mol. The Balaban J connectivity index is 1.75. The number of nitrogens with zero attached hydrogens (tertiary/aromatic N) is 3. The van der Waals surface area contributed by atoms with Crippen molar-refractivity contribution in [2.75, 3.05) is 17.5 Å². The molecule has 0 atom stereocenters. The zero-order valence-corrected chi connectivity index (χ0v) is 15.5. The number of benzene rings is 1. The molecule has 0 amide bonds. The smallest absolute Gasteiger partial charge is 0.286 e. The number of nitrogens with one attached hydrogen (secondary N) is 3. The van der Waals surface area contributed by atoms with E-state index >= 15 is 0 Å². The molecule has 0 aliphatic carbocycles. The highest BCUT2D eigenvalue weighted by atomic mass is 32.1. The minimum Gasteiger partial charge on any atom is -0.335 e. The van der Waals surface area contributed by atoms with Crippen LogP contribution in [-0.2, 0) is 6.54 Å². The van der Waals surface area contributed by atoms with E-state index in [1.165, 1.54) is 10.6 Å². The fourth-order valence-corrected chi connectivity index (χ4v) is 3.30. The highest BCUT2D eigenvalue weighted by molar-refractivity contribution is 7.71. The van der Waals surface area contributed by atoms with Gasteiger partial charge in [-0.25, -0.2) is 9.37 Å². The maximum absolute atomic E-state index is 14.3. The van der Waals surface area contributed by atoms with E-state index < -0.39 is 11.4 Å². The van der Waals surface area contributed by atoms with Gasteiger partial charge in [0.25, 0.3) is 5.56 Å². The van der Waals surface area contributed by atoms with Crippen LogP contribution < -0.4 is 21.5 Å². The second-order valence-corrected chi connectivity index (χ2v) is 6.80. The molecule has 0 unspecified atom stereocenters. The predicted molar refractivity (Wildman–Crippen MR) is 105 cm³/mol. The van der Waals surface area contributed by atoms with E-state index in [0.29, 0.717) is 16.0 Å². The highest BCUT2D eigenvalue weighted by Crippen LogP contribution is 2.29. The van der Waals surface area contributed by atoms with Gasteiger partial charge < -0.3 is 15.0 Å². The van der Waals surface area contributed by atoms with Gasteiger partial charge in [0, 0.05) is 24.5 Å². The number of hydrazine groups is 2. The third-order valence-electron chi connectivity index (χ3n) is 4.35. The molecule has 9 heteroatoms. The number of aryl methyl sites for hydroxylation is 1. The number of pyridine rings is 1. The number of anilines is 2. The first-order valence-corrected chi connectivity index (χ1v) is 8.68. The fourth-order valence-electron chi connectivity index (χ4n) is 3.04. The number of aromatic amines is 1. The van der Waals surface area contributed by atoms with Crippen LogP contribution in [0.5, 0.6) is 0 Å². The quantitative estimate of drug-likeness (QED) is 0.603. The second kappa shape index (κ2) is 6.60. The Labute approximate surface area is 159 Å². The number of hydrogen-bond donors (Lipinski definition) is 3. The van der Waals surface area contributed by atoms with E-state index in [2.05, 4.69) is 20.9 Å². The van der Waals surface area contributed by atoms with Gasteiger partial charge in [-0.05, 0) is 49.0 Å². The number of halogens is 1. The summed E-state index contributed by atoms with van der Waals surface area (Å²) in [5.74, 6) is -0.827. The summed E-state index contributed by atoms with van der Waals surface area (Å²) in [5, 5.41) is 1.83. The third-order valence-corrected chi connectivity index (χ3v) is 4.55. The molecule has 138 valence electrons. The van der Waals surface area contributed by atoms with Crippen LogP contribution in [0, 0.1) is 17.5 Å². The molecule has 0 saturated carbocycles. The molecule has 3 heterocycles. The van der Waals surface area contributed by atoms with Crippen molar-refractivity contribution in [1.29, 1.82) is 0 Å². The lowest BCUT2D eigenvalue weighted by atomic mass is 10.1. The Kier molecular flexibility index (Phi) is 4.25. The van der Waals surface area contributed by atoms with Gasteiger partial charge in [0.05, 0.1) is 23.6 Å². The minimum atomic E-state index is -0.827. The van der Waals surface area contributed by atoms with E-state index in [0.717, 1.165) is 22.6 Å². The minimum absolute atomic E-state index is 0.239. The van der Waals surface area contributed by atoms with Crippen molar-refractivity contribution < 1.29 is 4.39 Å². The first-order valence-electron chi connectivity index (χ1n) is 8.27. The molecule has 0 spiro atoms. The summed E-state index contributed by atoms with van der Waals surface area (Å²) in [5.41, 5.74) is 9.91. The van der Waals surface area contributed by atoms with Crippen LogP contribution in [0.1, 0.15) is 11.3 Å². The van der Waals surface area contributed by atoms with Crippen molar-refractivity contribution in [1.82, 2.24) is 20.1 Å². The van der Waals surface area contributed by atoms with Crippen molar-refractivity contribution >= 4 is 23.6 Å². The van der Waals surface area contributed by atoms with Crippen LogP contribution >= 0.6 is 12.2 Å². The van der Waals surface area contributed by atoms with Crippen LogP contribution in [0.15, 0.2) is 41.3 Å². The Morgan fingerprint density at radius 3 is 2.85 bits per heavy atom. The lowest BCUT2D eigenvalue weighted by molar-refractivity contribution is 0.581. The van der Waals surface area contributed by atoms with Crippen LogP contribution in [0.4, 0.5) is 15.8 Å². The highest BCUT2D eigenvalue weighted by Gasteiger charge is 2.16. The summed E-state index contributed by atoms with van der Waals surface area (Å²) in [6.07, 6.45) is 1.61. The van der Waals surface area contributed by atoms with Gasteiger partial charge >= 0.3 is 0 Å². The molecule has 27 heavy (non-hydrogen) atoms. The molecule has 0 fully saturated rings. The Morgan fingerprint density at radius 1 is 1.26 bits per heavy atom. The van der Waals surface area contributed by atoms with Crippen molar-refractivity contribution in [3.63, 3.8) is 0 Å². The molecule has 1 aliphatic rings. The summed E-state index contributed by atoms with van der Waals surface area (Å²) in [4.78, 5) is 19.4. The molecule has 1 aromatic carbocycles. The molecule has 0 radical (unpaired) electrons. The second-order valence-electron chi connectivity index (χ2n) is 6.41. The van der Waals surface area contributed by atoms with Gasteiger partial charge in [-0.2, -0.15) is 0 Å². The van der Waals surface area contributed by atoms with E-state index in [-0.39, 0.29) is 6.54 Å². The lowest BCUT2D eigenvalue weighted by Gasteiger charge is -2.12. The summed E-state index contributed by atoms with van der Waals surface area (Å²) in [6, 6.07) is 8.71. The largest absolute Gasteiger partial charge is 0.335 e. The van der Waals surface area contributed by atoms with Gasteiger partial charge in [0.15, 0.2) is 10.6 Å². The number of aromatic nitrogens is 3. The number of rotatable bonds is 3. The SMILES string of the molecule is Cc1cc(-c2cc(F)c(=O)n(Cc3ccc4c(c3)N(C)NN4)c2)nc(=S)[nH]1. The first-order chi connectivity index (χ1) is 12.9. The zero-order valence-electron chi connectivity index (χ0n) is 14.7. The van der Waals surface area contributed by atoms with Gasteiger partial charge in [-0.3, -0.25) is 9.80 Å². The van der Waals surface area contributed by atoms with Crippen LogP contribution in [0.25, 0.3) is 11.3 Å². The number of H-pyrrole nitrogens is 1. The predicted octanol–water partition coefficient (Wildman–Crippen LogP) is 2.75. The number of fused-ring (bicyclic) bond motifs is 1. The monoisotopic (exact) mass is 384 g/mol. The Morgan fingerprint density at radius 2 is 2.07 bits per heavy atom. The Bertz CT molecular complexity index is 1160. The third kappa shape index (κ3) is 3.34. The van der Waals surface area contributed by atoms with Crippen LogP contribution in [0.2, 0.25) is 0 Å². The van der Waals surface area contributed by atoms with Crippen molar-refractivity contribution in [2.24, 2.45) is 0 Å². The van der Waals surface area contributed by atoms with Gasteiger partial charge in [-0.1, -0.05) is 6.07 Å². The van der Waals surface area contributed by atoms with Crippen LogP contribution in [-0.4, -0.2) is 21.6 Å². The average molecular weight is 384 g/mol. The van der Waals surface area contributed by atoms with E-state index in [1.54, 1.807) is 12.3 Å². The lowest BCUT2D eigenvalue weighted by Crippen LogP contribution is -2.31. The molecule has 4 rings (SSSR count). The zero-order chi connectivity index (χ0) is 19.1. The average Bonchev–Trinajstić information content (AvgIpc) is 2.98. The molecule has 3 aromatic rings. The summed E-state index contributed by atoms with van der Waals surface area (Å²) in [7, 11) is 1.88. The van der Waals surface area contributed by atoms with Crippen molar-refractivity contribution in [2.45, 2.75) is 13.5 Å². The molecule has 7 nitrogen and oxygen atoms in total. The van der Waals surface area contributed by atoms with E-state index in [9.17, 15) is 9.18 Å². The Hall–Kier alpha value is -3.04. The van der Waals surface area contributed by atoms with Crippen LogP contribution in [0.3, 0.4) is 0 Å². The first kappa shape index (κ1) is 17.4. The van der Waals surface area contributed by atoms with Crippen molar-refractivity contribution in [3.05, 3.63) is 68.7 Å². The maximum Gasteiger partial charge on any atom is 0.286 e. The molecule has 0 bridgehead atoms. The van der Waals surface area contributed by atoms with E-state index in [1.807, 2.05) is 37.2 Å². The summed E-state index contributed by atoms with van der Waals surface area (Å²) < 4.78 is 15.9. The molecule has 2 aromatic heterocycles. The van der Waals surface area contributed by atoms with Gasteiger partial charge in [-0.15, -0.1) is 5.53 Å². The summed E-state index contributed by atoms with van der Waals surface area (Å²) >= 11 is 5.09. The topological polar surface area (TPSA) is 78.0 Å². The fraction of sp³-hybridized carbons (Fsp3) is 0.167. The normalized spacial score (nSPS) is 12.8. The standard InChI is InChI=1S/C18H17FN6OS/c1-10-5-15(21-18(27)20-10)12-7-13(19)17(26)25(9-12)8-11-3-4-14-16(6-11)24(2)23-22-14/h3-7,9,22-23H,8H2,1-2H3,(H,20,21,27). The molecular formula is C18H17FN6OS. The molecule has 1 aliphatic heterocycles. The maximum atomic E-state index is 14.3. The summed E-state index contributed by atoms with van der Waals surface area (Å²) in [6.45, 7) is 2.08. The van der Waals surface area contributed by atoms with Gasteiger partial charge in [0.1, 0.15) is 0 Å². The van der Waals surface area contributed by atoms with Gasteiger partial charge in [0.2, 0.25) is 0 Å². The van der Waals surface area contributed by atoms with E-state index in [4.69, 9.17) is 12.2 Å². The number of hydrogen-bond acceptors (Lipinski definition) is 6.